The molecule has 0 amide bonds. The van der Waals surface area contributed by atoms with Crippen molar-refractivity contribution in [3.8, 4) is 0 Å². The zero-order valence-corrected chi connectivity index (χ0v) is 6.92. The van der Waals surface area contributed by atoms with Crippen molar-refractivity contribution in [2.75, 3.05) is 7.11 Å². The fourth-order valence-corrected chi connectivity index (χ4v) is 0.630. The summed E-state index contributed by atoms with van der Waals surface area (Å²) in [6, 6.07) is 0. The van der Waals surface area contributed by atoms with E-state index in [0.29, 0.717) is 6.42 Å². The van der Waals surface area contributed by atoms with E-state index >= 15 is 0 Å². The first kappa shape index (κ1) is 9.94. The van der Waals surface area contributed by atoms with E-state index in [-0.39, 0.29) is 0 Å². The largest absolute Gasteiger partial charge is 0.466 e. The van der Waals surface area contributed by atoms with Crippen molar-refractivity contribution < 1.29 is 19.1 Å². The van der Waals surface area contributed by atoms with Gasteiger partial charge in [0, 0.05) is 6.92 Å². The summed E-state index contributed by atoms with van der Waals surface area (Å²) >= 11 is 0. The van der Waals surface area contributed by atoms with Crippen molar-refractivity contribution in [1.29, 1.82) is 0 Å². The summed E-state index contributed by atoms with van der Waals surface area (Å²) in [5.74, 6) is -0.982. The molecule has 64 valence electrons. The molecule has 4 nitrogen and oxygen atoms in total. The van der Waals surface area contributed by atoms with E-state index in [4.69, 9.17) is 0 Å². The third-order valence-electron chi connectivity index (χ3n) is 1.14. The van der Waals surface area contributed by atoms with Gasteiger partial charge in [-0.15, -0.1) is 0 Å². The van der Waals surface area contributed by atoms with Crippen LogP contribution in [0, 0.1) is 0 Å². The Balaban J connectivity index is 3.94. The fourth-order valence-electron chi connectivity index (χ4n) is 0.630. The van der Waals surface area contributed by atoms with Crippen molar-refractivity contribution in [1.82, 2.24) is 0 Å². The Labute approximate surface area is 65.5 Å². The lowest BCUT2D eigenvalue weighted by Crippen LogP contribution is -2.26. The van der Waals surface area contributed by atoms with Crippen molar-refractivity contribution >= 4 is 11.9 Å². The molecule has 0 aliphatic rings. The lowest BCUT2D eigenvalue weighted by atomic mass is 10.3. The van der Waals surface area contributed by atoms with Gasteiger partial charge >= 0.3 is 11.9 Å². The molecular weight excluding hydrogens is 148 g/mol. The number of carbonyl (C=O) groups is 2. The van der Waals surface area contributed by atoms with Crippen LogP contribution in [0.25, 0.3) is 0 Å². The van der Waals surface area contributed by atoms with Crippen molar-refractivity contribution in [3.63, 3.8) is 0 Å². The van der Waals surface area contributed by atoms with Crippen LogP contribution in [0.5, 0.6) is 0 Å². The summed E-state index contributed by atoms with van der Waals surface area (Å²) < 4.78 is 9.03. The van der Waals surface area contributed by atoms with Gasteiger partial charge in [-0.05, 0) is 6.42 Å². The highest BCUT2D eigenvalue weighted by Crippen LogP contribution is 2.00. The molecule has 0 saturated heterocycles. The van der Waals surface area contributed by atoms with Gasteiger partial charge in [-0.3, -0.25) is 4.79 Å². The molecule has 0 spiro atoms. The number of hydrogen-bond donors (Lipinski definition) is 0. The molecule has 11 heavy (non-hydrogen) atoms. The number of methoxy groups -OCH3 is 1. The first-order chi connectivity index (χ1) is 5.11. The minimum Gasteiger partial charge on any atom is -0.466 e. The average Bonchev–Trinajstić information content (AvgIpc) is 1.98. The number of hydrogen-bond acceptors (Lipinski definition) is 4. The molecule has 0 fully saturated rings. The van der Waals surface area contributed by atoms with Crippen LogP contribution in [0.1, 0.15) is 20.3 Å². The molecule has 0 saturated carbocycles. The first-order valence-electron chi connectivity index (χ1n) is 3.36. The average molecular weight is 160 g/mol. The van der Waals surface area contributed by atoms with Crippen LogP contribution >= 0.6 is 0 Å². The zero-order chi connectivity index (χ0) is 8.85. The monoisotopic (exact) mass is 160 g/mol. The zero-order valence-electron chi connectivity index (χ0n) is 6.92. The Morgan fingerprint density at radius 3 is 2.27 bits per heavy atom. The molecule has 0 aromatic carbocycles. The smallest absolute Gasteiger partial charge is 0.347 e. The second-order valence-corrected chi connectivity index (χ2v) is 2.03. The second kappa shape index (κ2) is 4.71. The van der Waals surface area contributed by atoms with Gasteiger partial charge in [0.25, 0.3) is 0 Å². The van der Waals surface area contributed by atoms with Crippen LogP contribution in [-0.4, -0.2) is 25.2 Å². The van der Waals surface area contributed by atoms with Crippen molar-refractivity contribution in [3.05, 3.63) is 0 Å². The van der Waals surface area contributed by atoms with E-state index in [1.54, 1.807) is 6.92 Å². The van der Waals surface area contributed by atoms with Crippen molar-refractivity contribution in [2.45, 2.75) is 26.4 Å². The van der Waals surface area contributed by atoms with Crippen LogP contribution in [0.4, 0.5) is 0 Å². The van der Waals surface area contributed by atoms with E-state index in [2.05, 4.69) is 9.47 Å². The Kier molecular flexibility index (Phi) is 4.26. The molecule has 4 heteroatoms. The highest BCUT2D eigenvalue weighted by molar-refractivity contribution is 5.78. The molecule has 0 heterocycles. The summed E-state index contributed by atoms with van der Waals surface area (Å²) in [7, 11) is 1.26. The van der Waals surface area contributed by atoms with Crippen LogP contribution in [0.3, 0.4) is 0 Å². The second-order valence-electron chi connectivity index (χ2n) is 2.03. The van der Waals surface area contributed by atoms with E-state index < -0.39 is 18.0 Å². The lowest BCUT2D eigenvalue weighted by Gasteiger charge is -2.11. The minimum absolute atomic E-state index is 0.437. The van der Waals surface area contributed by atoms with Gasteiger partial charge in [0.15, 0.2) is 6.10 Å². The van der Waals surface area contributed by atoms with Crippen LogP contribution in [0.2, 0.25) is 0 Å². The summed E-state index contributed by atoms with van der Waals surface area (Å²) in [6.07, 6.45) is -0.316. The summed E-state index contributed by atoms with van der Waals surface area (Å²) in [5, 5.41) is 0. The Bertz CT molecular complexity index is 153. The highest BCUT2D eigenvalue weighted by atomic mass is 16.6. The number of ether oxygens (including phenoxy) is 2. The Morgan fingerprint density at radius 2 is 2.00 bits per heavy atom. The number of esters is 2. The van der Waals surface area contributed by atoms with E-state index in [0.717, 1.165) is 0 Å². The molecule has 1 atom stereocenters. The maximum Gasteiger partial charge on any atom is 0.347 e. The molecule has 0 aromatic rings. The van der Waals surface area contributed by atoms with Gasteiger partial charge < -0.3 is 9.47 Å². The van der Waals surface area contributed by atoms with E-state index in [1.807, 2.05) is 0 Å². The summed E-state index contributed by atoms with van der Waals surface area (Å²) in [5.41, 5.74) is 0. The minimum atomic E-state index is -0.752. The van der Waals surface area contributed by atoms with Gasteiger partial charge in [-0.1, -0.05) is 6.92 Å². The van der Waals surface area contributed by atoms with Gasteiger partial charge in [-0.2, -0.15) is 0 Å². The van der Waals surface area contributed by atoms with Gasteiger partial charge in [0.1, 0.15) is 0 Å². The molecule has 0 bridgehead atoms. The number of carbonyl (C=O) groups excluding carboxylic acids is 2. The third-order valence-corrected chi connectivity index (χ3v) is 1.14. The molecule has 0 aliphatic heterocycles. The predicted molar refractivity (Wildman–Crippen MR) is 37.9 cm³/mol. The number of rotatable bonds is 3. The normalized spacial score (nSPS) is 11.9. The molecular formula is C7H12O4. The van der Waals surface area contributed by atoms with Crippen LogP contribution in [-0.2, 0) is 19.1 Å². The first-order valence-corrected chi connectivity index (χ1v) is 3.36. The maximum absolute atomic E-state index is 10.8. The van der Waals surface area contributed by atoms with E-state index in [9.17, 15) is 9.59 Å². The molecule has 0 radical (unpaired) electrons. The maximum atomic E-state index is 10.8. The molecule has 0 aromatic heterocycles. The lowest BCUT2D eigenvalue weighted by molar-refractivity contribution is -0.164. The van der Waals surface area contributed by atoms with Gasteiger partial charge in [0.2, 0.25) is 0 Å². The Morgan fingerprint density at radius 1 is 1.45 bits per heavy atom. The standard InChI is InChI=1S/C7H12O4/c1-4-6(7(9)10-3)11-5(2)8/h6H,4H2,1-3H3. The Hall–Kier alpha value is -1.06. The fraction of sp³-hybridized carbons (Fsp3) is 0.714. The predicted octanol–water partition coefficient (Wildman–Crippen LogP) is 0.501. The topological polar surface area (TPSA) is 52.6 Å². The van der Waals surface area contributed by atoms with Gasteiger partial charge in [-0.25, -0.2) is 4.79 Å². The van der Waals surface area contributed by atoms with Crippen molar-refractivity contribution in [2.24, 2.45) is 0 Å². The third kappa shape index (κ3) is 3.60. The molecule has 0 aliphatic carbocycles. The molecule has 0 N–H and O–H groups in total. The molecule has 1 unspecified atom stereocenters. The summed E-state index contributed by atoms with van der Waals surface area (Å²) in [4.78, 5) is 21.2. The highest BCUT2D eigenvalue weighted by Gasteiger charge is 2.19. The molecule has 0 rings (SSSR count). The SMILES string of the molecule is CCC(OC(C)=O)C(=O)OC. The summed E-state index contributed by atoms with van der Waals surface area (Å²) in [6.45, 7) is 3.00. The van der Waals surface area contributed by atoms with Crippen LogP contribution in [0.15, 0.2) is 0 Å². The van der Waals surface area contributed by atoms with Crippen LogP contribution < -0.4 is 0 Å². The van der Waals surface area contributed by atoms with Gasteiger partial charge in [0.05, 0.1) is 7.11 Å². The van der Waals surface area contributed by atoms with E-state index in [1.165, 1.54) is 14.0 Å². The quantitative estimate of drug-likeness (QED) is 0.564.